The monoisotopic (exact) mass is 852 g/mol. The number of phosphoric acid groups is 1. The second-order valence-electron chi connectivity index (χ2n) is 16.5. The fourth-order valence-corrected chi connectivity index (χ4v) is 7.08. The average molecular weight is 852 g/mol. The SMILES string of the molecule is CC/C=C\C/C=C\C/C=C\CCCCCCCC(=O)OC[C@H](COP(=O)([O-])OCC[N+](C)(C)C)OC(=O)CCC/C=C\C[C@H]1C(=O)C[C@@H](O)[C@@H]1/C=C/[C@@H](O)CCCCC. The van der Waals surface area contributed by atoms with Gasteiger partial charge in [-0.15, -0.1) is 0 Å². The summed E-state index contributed by atoms with van der Waals surface area (Å²) in [6.45, 7) is 3.65. The molecule has 13 heteroatoms. The third-order valence-corrected chi connectivity index (χ3v) is 10.9. The Morgan fingerprint density at radius 3 is 2.19 bits per heavy atom. The highest BCUT2D eigenvalue weighted by atomic mass is 31.2. The molecular formula is C46H78NO11P. The van der Waals surface area contributed by atoms with Crippen LogP contribution in [-0.2, 0) is 37.5 Å². The first-order chi connectivity index (χ1) is 28.2. The Labute approximate surface area is 356 Å². The number of likely N-dealkylation sites (N-methyl/N-ethyl adjacent to an activating group) is 1. The van der Waals surface area contributed by atoms with Gasteiger partial charge in [0.05, 0.1) is 40.0 Å². The molecule has 1 fully saturated rings. The molecule has 0 heterocycles. The third-order valence-electron chi connectivity index (χ3n) is 9.89. The number of Topliss-reactive ketones (excluding diaryl/α,β-unsaturated/α-hetero) is 1. The summed E-state index contributed by atoms with van der Waals surface area (Å²) in [6, 6.07) is 0. The van der Waals surface area contributed by atoms with Crippen LogP contribution in [0.3, 0.4) is 0 Å². The predicted octanol–water partition coefficient (Wildman–Crippen LogP) is 8.42. The summed E-state index contributed by atoms with van der Waals surface area (Å²) >= 11 is 0. The number of aliphatic hydroxyl groups excluding tert-OH is 2. The van der Waals surface area contributed by atoms with E-state index in [1.165, 1.54) is 0 Å². The van der Waals surface area contributed by atoms with E-state index in [4.69, 9.17) is 18.5 Å². The van der Waals surface area contributed by atoms with E-state index in [0.29, 0.717) is 43.1 Å². The van der Waals surface area contributed by atoms with E-state index >= 15 is 0 Å². The number of carbonyl (C=O) groups is 3. The number of quaternary nitrogens is 1. The van der Waals surface area contributed by atoms with Crippen LogP contribution in [0.1, 0.15) is 136 Å². The van der Waals surface area contributed by atoms with Gasteiger partial charge < -0.3 is 38.1 Å². The molecule has 1 unspecified atom stereocenters. The van der Waals surface area contributed by atoms with Crippen molar-refractivity contribution in [3.8, 4) is 0 Å². The molecular weight excluding hydrogens is 773 g/mol. The summed E-state index contributed by atoms with van der Waals surface area (Å²) in [5, 5.41) is 20.7. The number of unbranched alkanes of at least 4 members (excludes halogenated alkanes) is 8. The first kappa shape index (κ1) is 54.3. The van der Waals surface area contributed by atoms with Crippen LogP contribution in [0.25, 0.3) is 0 Å². The van der Waals surface area contributed by atoms with Crippen LogP contribution in [0.5, 0.6) is 0 Å². The van der Waals surface area contributed by atoms with Gasteiger partial charge in [0.2, 0.25) is 0 Å². The second kappa shape index (κ2) is 33.0. The number of allylic oxidation sites excluding steroid dienone is 8. The van der Waals surface area contributed by atoms with Gasteiger partial charge in [-0.2, -0.15) is 0 Å². The molecule has 0 saturated heterocycles. The Bertz CT molecular complexity index is 1350. The fraction of sp³-hybridized carbons (Fsp3) is 0.717. The zero-order valence-corrected chi connectivity index (χ0v) is 37.8. The molecule has 0 amide bonds. The molecule has 1 saturated carbocycles. The average Bonchev–Trinajstić information content (AvgIpc) is 3.44. The standard InChI is InChI=1S/C46H78NO11P/c1-6-8-10-11-12-13-14-15-16-17-18-19-20-21-26-30-45(51)55-37-40(38-57-59(53,54)56-35-34-47(3,4)5)58-46(52)31-27-23-22-25-29-41-42(44(50)36-43(41)49)33-32-39(48)28-24-9-7-2/h8,10,12-13,15-16,22,25,32-33,39-42,44,48,50H,6-7,9,11,14,17-21,23-24,26-31,34-38H2,1-5H3/b10-8-,13-12-,16-15-,25-22-,33-32+/t39-,40+,41+,42+,44+/m0/s1. The lowest BCUT2D eigenvalue weighted by molar-refractivity contribution is -0.870. The molecule has 0 aromatic heterocycles. The molecule has 0 bridgehead atoms. The number of ketones is 1. The molecule has 0 aliphatic heterocycles. The zero-order valence-electron chi connectivity index (χ0n) is 36.9. The van der Waals surface area contributed by atoms with Crippen LogP contribution in [0, 0.1) is 11.8 Å². The van der Waals surface area contributed by atoms with Crippen LogP contribution >= 0.6 is 7.82 Å². The van der Waals surface area contributed by atoms with Crippen LogP contribution < -0.4 is 4.89 Å². The number of ether oxygens (including phenoxy) is 2. The van der Waals surface area contributed by atoms with Crippen molar-refractivity contribution < 1.29 is 57.1 Å². The number of esters is 2. The Morgan fingerprint density at radius 2 is 1.47 bits per heavy atom. The molecule has 12 nitrogen and oxygen atoms in total. The Morgan fingerprint density at radius 1 is 0.831 bits per heavy atom. The molecule has 0 spiro atoms. The van der Waals surface area contributed by atoms with Crippen LogP contribution in [0.2, 0.25) is 0 Å². The highest BCUT2D eigenvalue weighted by Gasteiger charge is 2.39. The summed E-state index contributed by atoms with van der Waals surface area (Å²) < 4.78 is 33.8. The third kappa shape index (κ3) is 30.1. The molecule has 0 aromatic carbocycles. The summed E-state index contributed by atoms with van der Waals surface area (Å²) in [7, 11) is 0.979. The molecule has 59 heavy (non-hydrogen) atoms. The van der Waals surface area contributed by atoms with Gasteiger partial charge >= 0.3 is 11.9 Å². The largest absolute Gasteiger partial charge is 0.756 e. The number of hydrogen-bond acceptors (Lipinski definition) is 11. The number of nitrogens with zero attached hydrogens (tertiary/aromatic N) is 1. The molecule has 1 aliphatic carbocycles. The lowest BCUT2D eigenvalue weighted by Crippen LogP contribution is -2.37. The molecule has 338 valence electrons. The van der Waals surface area contributed by atoms with E-state index in [1.54, 1.807) is 12.2 Å². The van der Waals surface area contributed by atoms with E-state index < -0.39 is 44.7 Å². The van der Waals surface area contributed by atoms with Crippen molar-refractivity contribution in [3.63, 3.8) is 0 Å². The van der Waals surface area contributed by atoms with Crippen molar-refractivity contribution in [3.05, 3.63) is 60.8 Å². The molecule has 1 aliphatic rings. The highest BCUT2D eigenvalue weighted by Crippen LogP contribution is 2.38. The van der Waals surface area contributed by atoms with Gasteiger partial charge in [-0.1, -0.05) is 113 Å². The normalized spacial score (nSPS) is 19.8. The van der Waals surface area contributed by atoms with Gasteiger partial charge in [0.25, 0.3) is 7.82 Å². The number of aliphatic hydroxyl groups is 2. The summed E-state index contributed by atoms with van der Waals surface area (Å²) in [4.78, 5) is 50.3. The molecule has 2 N–H and O–H groups in total. The van der Waals surface area contributed by atoms with E-state index in [-0.39, 0.29) is 50.1 Å². The summed E-state index contributed by atoms with van der Waals surface area (Å²) in [6.07, 6.45) is 31.9. The Kier molecular flexibility index (Phi) is 30.4. The quantitative estimate of drug-likeness (QED) is 0.0206. The van der Waals surface area contributed by atoms with Crippen molar-refractivity contribution in [1.82, 2.24) is 0 Å². The van der Waals surface area contributed by atoms with Gasteiger partial charge in [0, 0.05) is 31.1 Å². The number of carbonyl (C=O) groups excluding carboxylic acids is 3. The Balaban J connectivity index is 2.54. The van der Waals surface area contributed by atoms with Crippen molar-refractivity contribution >= 4 is 25.5 Å². The molecule has 0 aromatic rings. The maximum atomic E-state index is 12.8. The van der Waals surface area contributed by atoms with Crippen molar-refractivity contribution in [1.29, 1.82) is 0 Å². The van der Waals surface area contributed by atoms with Crippen molar-refractivity contribution in [2.45, 2.75) is 154 Å². The first-order valence-electron chi connectivity index (χ1n) is 22.1. The van der Waals surface area contributed by atoms with Gasteiger partial charge in [-0.3, -0.25) is 18.9 Å². The van der Waals surface area contributed by atoms with Gasteiger partial charge in [0.15, 0.2) is 6.10 Å². The topological polar surface area (TPSA) is 169 Å². The lowest BCUT2D eigenvalue weighted by Gasteiger charge is -2.28. The summed E-state index contributed by atoms with van der Waals surface area (Å²) in [5.41, 5.74) is 0. The molecule has 6 atom stereocenters. The Hall–Kier alpha value is -2.70. The highest BCUT2D eigenvalue weighted by molar-refractivity contribution is 7.45. The van der Waals surface area contributed by atoms with E-state index in [2.05, 4.69) is 50.3 Å². The lowest BCUT2D eigenvalue weighted by atomic mass is 9.90. The van der Waals surface area contributed by atoms with Crippen LogP contribution in [0.4, 0.5) is 0 Å². The fourth-order valence-electron chi connectivity index (χ4n) is 6.35. The van der Waals surface area contributed by atoms with Crippen molar-refractivity contribution in [2.75, 3.05) is 47.5 Å². The minimum atomic E-state index is -4.71. The summed E-state index contributed by atoms with van der Waals surface area (Å²) in [5.74, 6) is -1.81. The number of rotatable bonds is 35. The zero-order chi connectivity index (χ0) is 43.8. The minimum absolute atomic E-state index is 0.0131. The van der Waals surface area contributed by atoms with Gasteiger partial charge in [0.1, 0.15) is 25.5 Å². The molecule has 0 radical (unpaired) electrons. The molecule has 1 rings (SSSR count). The van der Waals surface area contributed by atoms with Gasteiger partial charge in [-0.05, 0) is 64.2 Å². The van der Waals surface area contributed by atoms with Gasteiger partial charge in [-0.25, -0.2) is 0 Å². The predicted molar refractivity (Wildman–Crippen MR) is 232 cm³/mol. The maximum absolute atomic E-state index is 12.8. The van der Waals surface area contributed by atoms with E-state index in [1.807, 2.05) is 33.3 Å². The van der Waals surface area contributed by atoms with E-state index in [9.17, 15) is 34.1 Å². The first-order valence-corrected chi connectivity index (χ1v) is 23.6. The van der Waals surface area contributed by atoms with Crippen molar-refractivity contribution in [2.24, 2.45) is 11.8 Å². The number of hydrogen-bond donors (Lipinski definition) is 2. The van der Waals surface area contributed by atoms with Crippen LogP contribution in [-0.4, -0.2) is 98.2 Å². The van der Waals surface area contributed by atoms with Crippen LogP contribution in [0.15, 0.2) is 60.8 Å². The van der Waals surface area contributed by atoms with E-state index in [0.717, 1.165) is 70.6 Å². The smallest absolute Gasteiger partial charge is 0.306 e. The number of phosphoric ester groups is 1. The second-order valence-corrected chi connectivity index (χ2v) is 17.9. The maximum Gasteiger partial charge on any atom is 0.306 e. The minimum Gasteiger partial charge on any atom is -0.756 e.